The Morgan fingerprint density at radius 1 is 1.20 bits per heavy atom. The number of carbonyl (C=O) groups is 2. The van der Waals surface area contributed by atoms with Crippen molar-refractivity contribution >= 4 is 29.2 Å². The number of benzene rings is 1. The Labute approximate surface area is 180 Å². The fourth-order valence-corrected chi connectivity index (χ4v) is 4.95. The van der Waals surface area contributed by atoms with Crippen molar-refractivity contribution in [2.45, 2.75) is 43.4 Å². The molecule has 2 heterocycles. The number of furan rings is 1. The van der Waals surface area contributed by atoms with Crippen molar-refractivity contribution < 1.29 is 18.7 Å². The maximum absolute atomic E-state index is 13.4. The number of hydrogen-bond donors (Lipinski definition) is 0. The van der Waals surface area contributed by atoms with Crippen LogP contribution in [0.25, 0.3) is 0 Å². The lowest BCUT2D eigenvalue weighted by molar-refractivity contribution is -0.139. The molecule has 0 bridgehead atoms. The molecular weight excluding hydrogens is 398 g/mol. The normalized spacial score (nSPS) is 23.8. The Morgan fingerprint density at radius 3 is 2.60 bits per heavy atom. The SMILES string of the molecule is CCOC(=O)C1=C(C)N=C2C[C@H](c3ccco3)CC(=O)[C@H]2[C@H]1c1ccc(SC)cc1. The minimum atomic E-state index is -0.445. The van der Waals surface area contributed by atoms with Gasteiger partial charge >= 0.3 is 5.97 Å². The third-order valence-corrected chi connectivity index (χ3v) is 6.61. The zero-order valence-corrected chi connectivity index (χ0v) is 18.2. The highest BCUT2D eigenvalue weighted by Gasteiger charge is 2.46. The van der Waals surface area contributed by atoms with E-state index in [1.165, 1.54) is 0 Å². The van der Waals surface area contributed by atoms with Crippen LogP contribution >= 0.6 is 11.8 Å². The van der Waals surface area contributed by atoms with E-state index in [1.807, 2.05) is 49.6 Å². The van der Waals surface area contributed by atoms with Gasteiger partial charge in [-0.15, -0.1) is 11.8 Å². The number of hydrogen-bond acceptors (Lipinski definition) is 6. The van der Waals surface area contributed by atoms with Gasteiger partial charge in [-0.05, 0) is 56.4 Å². The van der Waals surface area contributed by atoms with Gasteiger partial charge in [0.1, 0.15) is 11.5 Å². The number of ether oxygens (including phenoxy) is 1. The van der Waals surface area contributed by atoms with E-state index in [0.717, 1.165) is 21.9 Å². The predicted molar refractivity (Wildman–Crippen MR) is 117 cm³/mol. The van der Waals surface area contributed by atoms with Gasteiger partial charge in [0, 0.05) is 34.6 Å². The highest BCUT2D eigenvalue weighted by Crippen LogP contribution is 2.46. The third-order valence-electron chi connectivity index (χ3n) is 5.87. The van der Waals surface area contributed by atoms with Crippen LogP contribution in [0, 0.1) is 5.92 Å². The average Bonchev–Trinajstić information content (AvgIpc) is 3.28. The Bertz CT molecular complexity index is 1000. The first-order valence-corrected chi connectivity index (χ1v) is 11.4. The van der Waals surface area contributed by atoms with Crippen LogP contribution in [0.1, 0.15) is 49.8 Å². The summed E-state index contributed by atoms with van der Waals surface area (Å²) in [6.07, 6.45) is 4.69. The van der Waals surface area contributed by atoms with Crippen molar-refractivity contribution in [1.29, 1.82) is 0 Å². The summed E-state index contributed by atoms with van der Waals surface area (Å²) in [5.41, 5.74) is 2.90. The number of rotatable bonds is 5. The number of esters is 1. The summed E-state index contributed by atoms with van der Waals surface area (Å²) in [5, 5.41) is 0. The van der Waals surface area contributed by atoms with Crippen LogP contribution in [0.2, 0.25) is 0 Å². The Kier molecular flexibility index (Phi) is 5.95. The average molecular weight is 424 g/mol. The molecule has 1 aromatic carbocycles. The molecule has 0 unspecified atom stereocenters. The van der Waals surface area contributed by atoms with Crippen LogP contribution in [-0.4, -0.2) is 30.3 Å². The van der Waals surface area contributed by atoms with Gasteiger partial charge in [-0.1, -0.05) is 12.1 Å². The lowest BCUT2D eigenvalue weighted by Gasteiger charge is -2.37. The molecule has 6 heteroatoms. The van der Waals surface area contributed by atoms with E-state index in [4.69, 9.17) is 14.1 Å². The summed E-state index contributed by atoms with van der Waals surface area (Å²) in [4.78, 5) is 32.1. The molecule has 3 atom stereocenters. The van der Waals surface area contributed by atoms with Crippen molar-refractivity contribution in [3.05, 3.63) is 65.3 Å². The van der Waals surface area contributed by atoms with Crippen LogP contribution in [0.5, 0.6) is 0 Å². The van der Waals surface area contributed by atoms with E-state index in [2.05, 4.69) is 0 Å². The second-order valence-corrected chi connectivity index (χ2v) is 8.52. The number of nitrogens with zero attached hydrogens (tertiary/aromatic N) is 1. The third kappa shape index (κ3) is 3.76. The molecule has 0 spiro atoms. The highest BCUT2D eigenvalue weighted by atomic mass is 32.2. The Hall–Kier alpha value is -2.60. The molecule has 30 heavy (non-hydrogen) atoms. The highest BCUT2D eigenvalue weighted by molar-refractivity contribution is 7.98. The fraction of sp³-hybridized carbons (Fsp3) is 0.375. The quantitative estimate of drug-likeness (QED) is 0.492. The lowest BCUT2D eigenvalue weighted by Crippen LogP contribution is -2.41. The number of allylic oxidation sites excluding steroid dienone is 1. The topological polar surface area (TPSA) is 68.9 Å². The van der Waals surface area contributed by atoms with Gasteiger partial charge in [0.15, 0.2) is 0 Å². The minimum absolute atomic E-state index is 0.0149. The molecule has 1 aromatic heterocycles. The Balaban J connectivity index is 1.79. The largest absolute Gasteiger partial charge is 0.469 e. The van der Waals surface area contributed by atoms with Crippen molar-refractivity contribution in [3.63, 3.8) is 0 Å². The number of aliphatic imine (C=N–C) groups is 1. The summed E-state index contributed by atoms with van der Waals surface area (Å²) >= 11 is 1.66. The second kappa shape index (κ2) is 8.64. The number of Topliss-reactive ketones (excluding diaryl/α,β-unsaturated/α-hetero) is 1. The van der Waals surface area contributed by atoms with Crippen molar-refractivity contribution in [2.75, 3.05) is 12.9 Å². The van der Waals surface area contributed by atoms with E-state index in [0.29, 0.717) is 24.1 Å². The van der Waals surface area contributed by atoms with E-state index < -0.39 is 11.9 Å². The predicted octanol–water partition coefficient (Wildman–Crippen LogP) is 5.14. The first-order valence-electron chi connectivity index (χ1n) is 10.2. The summed E-state index contributed by atoms with van der Waals surface area (Å²) in [5.74, 6) is -0.327. The summed E-state index contributed by atoms with van der Waals surface area (Å²) in [6.45, 7) is 3.90. The number of fused-ring (bicyclic) bond motifs is 1. The summed E-state index contributed by atoms with van der Waals surface area (Å²) < 4.78 is 10.9. The Morgan fingerprint density at radius 2 is 1.97 bits per heavy atom. The maximum atomic E-state index is 13.4. The van der Waals surface area contributed by atoms with E-state index in [1.54, 1.807) is 24.9 Å². The van der Waals surface area contributed by atoms with E-state index in [9.17, 15) is 9.59 Å². The molecule has 0 saturated heterocycles. The van der Waals surface area contributed by atoms with Gasteiger partial charge in [-0.3, -0.25) is 9.79 Å². The van der Waals surface area contributed by atoms with Gasteiger partial charge in [-0.2, -0.15) is 0 Å². The number of ketones is 1. The first kappa shape index (κ1) is 20.7. The van der Waals surface area contributed by atoms with Gasteiger partial charge in [-0.25, -0.2) is 4.79 Å². The second-order valence-electron chi connectivity index (χ2n) is 7.64. The van der Waals surface area contributed by atoms with Gasteiger partial charge < -0.3 is 9.15 Å². The molecule has 156 valence electrons. The monoisotopic (exact) mass is 423 g/mol. The number of carbonyl (C=O) groups excluding carboxylic acids is 2. The lowest BCUT2D eigenvalue weighted by atomic mass is 9.67. The van der Waals surface area contributed by atoms with E-state index >= 15 is 0 Å². The molecule has 4 rings (SSSR count). The molecule has 2 aliphatic rings. The number of thioether (sulfide) groups is 1. The van der Waals surface area contributed by atoms with Crippen molar-refractivity contribution in [3.8, 4) is 0 Å². The molecule has 0 radical (unpaired) electrons. The van der Waals surface area contributed by atoms with Crippen molar-refractivity contribution in [2.24, 2.45) is 10.9 Å². The fourth-order valence-electron chi connectivity index (χ4n) is 4.55. The standard InChI is InChI=1S/C24H25NO4S/c1-4-28-24(27)21-14(2)25-18-12-16(20-6-5-11-29-20)13-19(26)23(18)22(21)15-7-9-17(30-3)10-8-15/h5-11,16,22-23H,4,12-13H2,1-3H3/t16-,22-,23-/m0/s1. The molecule has 1 aliphatic heterocycles. The van der Waals surface area contributed by atoms with Gasteiger partial charge in [0.25, 0.3) is 0 Å². The summed E-state index contributed by atoms with van der Waals surface area (Å²) in [6, 6.07) is 11.8. The van der Waals surface area contributed by atoms with E-state index in [-0.39, 0.29) is 24.2 Å². The summed E-state index contributed by atoms with van der Waals surface area (Å²) in [7, 11) is 0. The smallest absolute Gasteiger partial charge is 0.336 e. The van der Waals surface area contributed by atoms with Crippen LogP contribution in [-0.2, 0) is 14.3 Å². The van der Waals surface area contributed by atoms with Crippen LogP contribution in [0.3, 0.4) is 0 Å². The minimum Gasteiger partial charge on any atom is -0.469 e. The molecule has 1 fully saturated rings. The molecule has 1 saturated carbocycles. The van der Waals surface area contributed by atoms with Crippen molar-refractivity contribution in [1.82, 2.24) is 0 Å². The molecular formula is C24H25NO4S. The maximum Gasteiger partial charge on any atom is 0.336 e. The molecule has 0 N–H and O–H groups in total. The molecule has 0 amide bonds. The zero-order chi connectivity index (χ0) is 21.3. The van der Waals surface area contributed by atoms with Gasteiger partial charge in [0.2, 0.25) is 0 Å². The first-order chi connectivity index (χ1) is 14.5. The van der Waals surface area contributed by atoms with Crippen LogP contribution < -0.4 is 0 Å². The molecule has 1 aliphatic carbocycles. The van der Waals surface area contributed by atoms with Crippen LogP contribution in [0.4, 0.5) is 0 Å². The van der Waals surface area contributed by atoms with Crippen LogP contribution in [0.15, 0.2) is 68.2 Å². The zero-order valence-electron chi connectivity index (χ0n) is 17.4. The molecule has 5 nitrogen and oxygen atoms in total. The molecule has 2 aromatic rings. The van der Waals surface area contributed by atoms with Gasteiger partial charge in [0.05, 0.1) is 24.4 Å².